The predicted octanol–water partition coefficient (Wildman–Crippen LogP) is 3.45. The van der Waals surface area contributed by atoms with Gasteiger partial charge in [-0.1, -0.05) is 33.8 Å². The number of thioether (sulfide) groups is 1. The maximum atomic E-state index is 14.8. The summed E-state index contributed by atoms with van der Waals surface area (Å²) in [4.78, 5) is 18.6. The fraction of sp³-hybridized carbons (Fsp3) is 0.333. The molecule has 2 aliphatic heterocycles. The fourth-order valence-electron chi connectivity index (χ4n) is 3.83. The lowest BCUT2D eigenvalue weighted by Gasteiger charge is -2.25. The molecular weight excluding hydrogens is 523 g/mol. The summed E-state index contributed by atoms with van der Waals surface area (Å²) >= 11 is 4.44. The van der Waals surface area contributed by atoms with E-state index in [2.05, 4.69) is 20.9 Å². The van der Waals surface area contributed by atoms with E-state index in [-0.39, 0.29) is 28.9 Å². The Morgan fingerprint density at radius 1 is 1.19 bits per heavy atom. The summed E-state index contributed by atoms with van der Waals surface area (Å²) in [5.74, 6) is -0.0375. The van der Waals surface area contributed by atoms with Crippen molar-refractivity contribution < 1.29 is 27.1 Å². The molecule has 2 aromatic rings. The highest BCUT2D eigenvalue weighted by atomic mass is 79.9. The lowest BCUT2D eigenvalue weighted by molar-refractivity contribution is -0.117. The minimum absolute atomic E-state index is 0.00864. The molecule has 170 valence electrons. The van der Waals surface area contributed by atoms with Crippen molar-refractivity contribution in [3.63, 3.8) is 0 Å². The minimum atomic E-state index is -3.24. The van der Waals surface area contributed by atoms with Crippen molar-refractivity contribution in [2.24, 2.45) is 4.99 Å². The number of amides is 1. The number of carbonyl (C=O) groups is 1. The maximum absolute atomic E-state index is 14.8. The summed E-state index contributed by atoms with van der Waals surface area (Å²) in [6, 6.07) is 9.21. The van der Waals surface area contributed by atoms with Gasteiger partial charge in [0.15, 0.2) is 26.5 Å². The largest absolute Gasteiger partial charge is 0.493 e. The number of halogens is 2. The van der Waals surface area contributed by atoms with Crippen LogP contribution in [0.4, 0.5) is 10.1 Å². The third-order valence-electron chi connectivity index (χ3n) is 5.26. The van der Waals surface area contributed by atoms with Crippen LogP contribution in [0.2, 0.25) is 0 Å². The molecule has 7 nitrogen and oxygen atoms in total. The zero-order valence-electron chi connectivity index (χ0n) is 17.2. The Kier molecular flexibility index (Phi) is 6.51. The van der Waals surface area contributed by atoms with E-state index in [0.29, 0.717) is 26.7 Å². The van der Waals surface area contributed by atoms with Crippen LogP contribution in [-0.2, 0) is 21.1 Å². The van der Waals surface area contributed by atoms with Gasteiger partial charge >= 0.3 is 0 Å². The first-order valence-corrected chi connectivity index (χ1v) is 13.1. The molecule has 1 amide bonds. The summed E-state index contributed by atoms with van der Waals surface area (Å²) < 4.78 is 50.2. The van der Waals surface area contributed by atoms with Crippen molar-refractivity contribution in [3.8, 4) is 11.5 Å². The number of aliphatic imine (C=N–C) groups is 1. The summed E-state index contributed by atoms with van der Waals surface area (Å²) in [7, 11) is -0.205. The Balaban J connectivity index is 1.64. The number of hydrogen-bond donors (Lipinski definition) is 0. The van der Waals surface area contributed by atoms with Gasteiger partial charge in [0.2, 0.25) is 0 Å². The number of nitrogens with zero attached hydrogens (tertiary/aromatic N) is 2. The number of benzene rings is 2. The van der Waals surface area contributed by atoms with E-state index in [0.717, 1.165) is 0 Å². The van der Waals surface area contributed by atoms with Gasteiger partial charge in [-0.15, -0.1) is 0 Å². The van der Waals surface area contributed by atoms with Gasteiger partial charge in [0, 0.05) is 9.72 Å². The van der Waals surface area contributed by atoms with Crippen molar-refractivity contribution in [1.82, 2.24) is 0 Å². The van der Waals surface area contributed by atoms with Crippen molar-refractivity contribution >= 4 is 54.3 Å². The van der Waals surface area contributed by atoms with Crippen LogP contribution in [-0.4, -0.2) is 56.5 Å². The Labute approximate surface area is 198 Å². The van der Waals surface area contributed by atoms with Gasteiger partial charge in [0.05, 0.1) is 43.9 Å². The van der Waals surface area contributed by atoms with Crippen LogP contribution in [0.3, 0.4) is 0 Å². The SMILES string of the molecule is COc1ccc(CC(=O)N=C2S[C@@H]3CS(=O)(=O)C[C@@H]3N2c2ccc(Br)cc2F)cc1OC. The molecule has 2 fully saturated rings. The van der Waals surface area contributed by atoms with Crippen LogP contribution in [0.1, 0.15) is 5.56 Å². The monoisotopic (exact) mass is 542 g/mol. The van der Waals surface area contributed by atoms with Crippen molar-refractivity contribution in [2.75, 3.05) is 30.6 Å². The Morgan fingerprint density at radius 2 is 1.94 bits per heavy atom. The average molecular weight is 543 g/mol. The van der Waals surface area contributed by atoms with Crippen molar-refractivity contribution in [2.45, 2.75) is 17.7 Å². The van der Waals surface area contributed by atoms with Gasteiger partial charge < -0.3 is 14.4 Å². The van der Waals surface area contributed by atoms with Gasteiger partial charge in [0.1, 0.15) is 5.82 Å². The molecule has 0 bridgehead atoms. The molecule has 0 saturated carbocycles. The highest BCUT2D eigenvalue weighted by Gasteiger charge is 2.50. The molecule has 2 saturated heterocycles. The number of anilines is 1. The third kappa shape index (κ3) is 4.65. The zero-order chi connectivity index (χ0) is 23.0. The first-order valence-electron chi connectivity index (χ1n) is 9.64. The molecule has 2 heterocycles. The van der Waals surface area contributed by atoms with Crippen molar-refractivity contribution in [3.05, 3.63) is 52.3 Å². The van der Waals surface area contributed by atoms with E-state index in [9.17, 15) is 17.6 Å². The van der Waals surface area contributed by atoms with E-state index in [1.165, 1.54) is 32.0 Å². The molecule has 11 heteroatoms. The standard InChI is InChI=1S/C21H20BrFN2O5S2/c1-29-17-6-3-12(7-18(17)30-2)8-20(26)24-21-25(15-5-4-13(22)9-14(15)23)16-10-32(27,28)11-19(16)31-21/h3-7,9,16,19H,8,10-11H2,1-2H3/t16-,19+/m0/s1. The number of rotatable bonds is 5. The summed E-state index contributed by atoms with van der Waals surface area (Å²) in [6.45, 7) is 0. The normalized spacial score (nSPS) is 22.8. The molecule has 4 rings (SSSR count). The minimum Gasteiger partial charge on any atom is -0.493 e. The Bertz CT molecular complexity index is 1200. The lowest BCUT2D eigenvalue weighted by Crippen LogP contribution is -2.38. The number of hydrogen-bond acceptors (Lipinski definition) is 6. The summed E-state index contributed by atoms with van der Waals surface area (Å²) in [6.07, 6.45) is 0.00864. The number of fused-ring (bicyclic) bond motifs is 1. The molecule has 0 spiro atoms. The maximum Gasteiger partial charge on any atom is 0.252 e. The summed E-state index contributed by atoms with van der Waals surface area (Å²) in [5, 5.41) is -0.00252. The molecular formula is C21H20BrFN2O5S2. The predicted molar refractivity (Wildman–Crippen MR) is 126 cm³/mol. The first kappa shape index (κ1) is 23.1. The van der Waals surface area contributed by atoms with E-state index >= 15 is 0 Å². The number of amidine groups is 1. The second-order valence-corrected chi connectivity index (χ2v) is 11.7. The fourth-order valence-corrected chi connectivity index (χ4v) is 8.09. The van der Waals surface area contributed by atoms with Gasteiger partial charge in [0.25, 0.3) is 5.91 Å². The van der Waals surface area contributed by atoms with E-state index in [1.807, 2.05) is 0 Å². The topological polar surface area (TPSA) is 85.3 Å². The average Bonchev–Trinajstić information content (AvgIpc) is 3.19. The highest BCUT2D eigenvalue weighted by Crippen LogP contribution is 2.42. The molecule has 0 N–H and O–H groups in total. The highest BCUT2D eigenvalue weighted by molar-refractivity contribution is 9.10. The molecule has 2 aliphatic rings. The molecule has 0 aromatic heterocycles. The van der Waals surface area contributed by atoms with Gasteiger partial charge in [-0.05, 0) is 35.9 Å². The zero-order valence-corrected chi connectivity index (χ0v) is 20.5. The lowest BCUT2D eigenvalue weighted by atomic mass is 10.1. The quantitative estimate of drug-likeness (QED) is 0.571. The van der Waals surface area contributed by atoms with Crippen LogP contribution < -0.4 is 14.4 Å². The van der Waals surface area contributed by atoms with E-state index in [4.69, 9.17) is 9.47 Å². The number of methoxy groups -OCH3 is 2. The summed E-state index contributed by atoms with van der Waals surface area (Å²) in [5.41, 5.74) is 0.882. The molecule has 32 heavy (non-hydrogen) atoms. The number of sulfone groups is 1. The molecule has 0 aliphatic carbocycles. The van der Waals surface area contributed by atoms with Gasteiger partial charge in [-0.2, -0.15) is 4.99 Å². The first-order chi connectivity index (χ1) is 15.2. The second-order valence-electron chi connectivity index (χ2n) is 7.42. The van der Waals surface area contributed by atoms with Gasteiger partial charge in [-0.3, -0.25) is 4.79 Å². The van der Waals surface area contributed by atoms with Crippen LogP contribution in [0.15, 0.2) is 45.9 Å². The van der Waals surface area contributed by atoms with Crippen LogP contribution in [0.5, 0.6) is 11.5 Å². The smallest absolute Gasteiger partial charge is 0.252 e. The molecule has 2 atom stereocenters. The molecule has 0 unspecified atom stereocenters. The van der Waals surface area contributed by atoms with Crippen LogP contribution >= 0.6 is 27.7 Å². The number of carbonyl (C=O) groups excluding carboxylic acids is 1. The molecule has 2 aromatic carbocycles. The van der Waals surface area contributed by atoms with Gasteiger partial charge in [-0.25, -0.2) is 12.8 Å². The Hall–Kier alpha value is -2.11. The van der Waals surface area contributed by atoms with E-state index in [1.54, 1.807) is 35.2 Å². The van der Waals surface area contributed by atoms with Crippen LogP contribution in [0.25, 0.3) is 0 Å². The van der Waals surface area contributed by atoms with Crippen LogP contribution in [0, 0.1) is 5.82 Å². The number of ether oxygens (including phenoxy) is 2. The Morgan fingerprint density at radius 3 is 2.62 bits per heavy atom. The second kappa shape index (κ2) is 9.03. The van der Waals surface area contributed by atoms with Crippen molar-refractivity contribution in [1.29, 1.82) is 0 Å². The molecule has 0 radical (unpaired) electrons. The third-order valence-corrected chi connectivity index (χ3v) is 8.96. The van der Waals surface area contributed by atoms with E-state index < -0.39 is 27.6 Å².